The maximum Gasteiger partial charge on any atom is 0.257 e. The quantitative estimate of drug-likeness (QED) is 0.531. The van der Waals surface area contributed by atoms with Gasteiger partial charge in [0.05, 0.1) is 10.6 Å². The highest BCUT2D eigenvalue weighted by Gasteiger charge is 2.21. The Kier molecular flexibility index (Phi) is 8.26. The topological polar surface area (TPSA) is 70.7 Å². The predicted octanol–water partition coefficient (Wildman–Crippen LogP) is 5.24. The van der Waals surface area contributed by atoms with Crippen molar-refractivity contribution in [3.8, 4) is 5.75 Å². The van der Waals surface area contributed by atoms with Gasteiger partial charge in [-0.1, -0.05) is 6.92 Å². The molecule has 0 atom stereocenters. The summed E-state index contributed by atoms with van der Waals surface area (Å²) in [6, 6.07) is 12.2. The number of thiocarbonyl (C=S) groups is 1. The summed E-state index contributed by atoms with van der Waals surface area (Å²) in [6.45, 7) is 7.70. The zero-order valence-electron chi connectivity index (χ0n) is 18.5. The first-order valence-electron chi connectivity index (χ1n) is 10.7. The first-order valence-corrected chi connectivity index (χ1v) is 11.9. The van der Waals surface area contributed by atoms with Crippen molar-refractivity contribution < 1.29 is 14.3 Å². The molecule has 1 fully saturated rings. The highest BCUT2D eigenvalue weighted by molar-refractivity contribution is 9.10. The lowest BCUT2D eigenvalue weighted by molar-refractivity contribution is 0.0697. The number of ether oxygens (including phenoxy) is 1. The zero-order chi connectivity index (χ0) is 23.3. The van der Waals surface area contributed by atoms with Gasteiger partial charge in [-0.05, 0) is 103 Å². The van der Waals surface area contributed by atoms with E-state index in [1.54, 1.807) is 42.5 Å². The Balaban J connectivity index is 1.55. The van der Waals surface area contributed by atoms with E-state index in [0.29, 0.717) is 33.0 Å². The summed E-state index contributed by atoms with van der Waals surface area (Å²) < 4.78 is 6.36. The summed E-state index contributed by atoms with van der Waals surface area (Å²) in [7, 11) is 0. The van der Waals surface area contributed by atoms with Crippen molar-refractivity contribution in [2.45, 2.75) is 39.7 Å². The molecule has 170 valence electrons. The number of piperidine rings is 1. The molecule has 1 saturated heterocycles. The van der Waals surface area contributed by atoms with Crippen LogP contribution < -0.4 is 15.4 Å². The summed E-state index contributed by atoms with van der Waals surface area (Å²) in [6.07, 6.45) is 2.13. The number of likely N-dealkylation sites (tertiary alicyclic amines) is 1. The lowest BCUT2D eigenvalue weighted by atomic mass is 9.98. The zero-order valence-corrected chi connectivity index (χ0v) is 20.9. The second kappa shape index (κ2) is 10.9. The molecule has 2 aromatic carbocycles. The van der Waals surface area contributed by atoms with Gasteiger partial charge >= 0.3 is 0 Å². The van der Waals surface area contributed by atoms with Crippen molar-refractivity contribution in [1.82, 2.24) is 10.2 Å². The monoisotopic (exact) mass is 517 g/mol. The Morgan fingerprint density at radius 3 is 2.31 bits per heavy atom. The minimum Gasteiger partial charge on any atom is -0.490 e. The number of amides is 2. The van der Waals surface area contributed by atoms with E-state index in [1.807, 2.05) is 18.7 Å². The Labute approximate surface area is 202 Å². The van der Waals surface area contributed by atoms with Crippen LogP contribution in [0.4, 0.5) is 5.69 Å². The van der Waals surface area contributed by atoms with Crippen LogP contribution in [-0.4, -0.2) is 41.0 Å². The lowest BCUT2D eigenvalue weighted by Gasteiger charge is -2.30. The summed E-state index contributed by atoms with van der Waals surface area (Å²) in [5, 5.41) is 5.83. The number of carbonyl (C=O) groups excluding carboxylic acids is 2. The van der Waals surface area contributed by atoms with Crippen molar-refractivity contribution in [2.75, 3.05) is 18.4 Å². The van der Waals surface area contributed by atoms with Gasteiger partial charge in [0, 0.05) is 29.9 Å². The number of halogens is 1. The maximum atomic E-state index is 12.7. The molecule has 3 rings (SSSR count). The predicted molar refractivity (Wildman–Crippen MR) is 134 cm³/mol. The second-order valence-electron chi connectivity index (χ2n) is 8.27. The molecule has 0 radical (unpaired) electrons. The Hall–Kier alpha value is -2.45. The minimum absolute atomic E-state index is 0.0352. The average molecular weight is 518 g/mol. The maximum absolute atomic E-state index is 12.7. The van der Waals surface area contributed by atoms with Gasteiger partial charge in [-0.25, -0.2) is 0 Å². The highest BCUT2D eigenvalue weighted by atomic mass is 79.9. The molecule has 0 saturated carbocycles. The van der Waals surface area contributed by atoms with Crippen LogP contribution in [0.15, 0.2) is 46.9 Å². The number of nitrogens with one attached hydrogen (secondary N) is 2. The molecule has 6 nitrogen and oxygen atoms in total. The van der Waals surface area contributed by atoms with E-state index >= 15 is 0 Å². The molecule has 8 heteroatoms. The van der Waals surface area contributed by atoms with Crippen LogP contribution in [0.1, 0.15) is 54.3 Å². The fourth-order valence-corrected chi connectivity index (χ4v) is 4.10. The van der Waals surface area contributed by atoms with E-state index in [0.717, 1.165) is 25.9 Å². The van der Waals surface area contributed by atoms with E-state index in [4.69, 9.17) is 17.0 Å². The number of benzene rings is 2. The number of nitrogens with zero attached hydrogens (tertiary/aromatic N) is 1. The highest BCUT2D eigenvalue weighted by Crippen LogP contribution is 2.27. The molecule has 2 N–H and O–H groups in total. The summed E-state index contributed by atoms with van der Waals surface area (Å²) in [5.74, 6) is 1.07. The van der Waals surface area contributed by atoms with Gasteiger partial charge < -0.3 is 15.0 Å². The summed E-state index contributed by atoms with van der Waals surface area (Å²) in [5.41, 5.74) is 1.79. The number of hydrogen-bond acceptors (Lipinski definition) is 4. The van der Waals surface area contributed by atoms with E-state index in [-0.39, 0.29) is 23.0 Å². The molecule has 32 heavy (non-hydrogen) atoms. The van der Waals surface area contributed by atoms with Crippen molar-refractivity contribution in [3.63, 3.8) is 0 Å². The molecule has 1 aliphatic rings. The Morgan fingerprint density at radius 2 is 1.72 bits per heavy atom. The van der Waals surface area contributed by atoms with Crippen LogP contribution in [0.3, 0.4) is 0 Å². The van der Waals surface area contributed by atoms with E-state index in [9.17, 15) is 9.59 Å². The van der Waals surface area contributed by atoms with Crippen molar-refractivity contribution >= 4 is 50.8 Å². The first kappa shape index (κ1) is 24.2. The van der Waals surface area contributed by atoms with Crippen molar-refractivity contribution in [2.24, 2.45) is 5.92 Å². The molecule has 0 aromatic heterocycles. The van der Waals surface area contributed by atoms with Crippen LogP contribution in [-0.2, 0) is 0 Å². The third-order valence-corrected chi connectivity index (χ3v) is 6.07. The standard InChI is InChI=1S/C24H28BrN3O3S/c1-15(2)31-21-9-6-18(14-20(21)25)22(29)27-24(32)26-19-7-4-17(5-8-19)23(30)28-12-10-16(3)11-13-28/h4-9,14-16H,10-13H2,1-3H3,(H2,26,27,29,32). The Morgan fingerprint density at radius 1 is 1.09 bits per heavy atom. The molecule has 1 aliphatic heterocycles. The lowest BCUT2D eigenvalue weighted by Crippen LogP contribution is -2.37. The molecule has 1 heterocycles. The fraction of sp³-hybridized carbons (Fsp3) is 0.375. The fourth-order valence-electron chi connectivity index (χ4n) is 3.42. The smallest absolute Gasteiger partial charge is 0.257 e. The van der Waals surface area contributed by atoms with E-state index < -0.39 is 0 Å². The number of rotatable bonds is 5. The van der Waals surface area contributed by atoms with Crippen LogP contribution in [0.25, 0.3) is 0 Å². The third-order valence-electron chi connectivity index (χ3n) is 5.24. The molecule has 0 spiro atoms. The molecule has 0 bridgehead atoms. The van der Waals surface area contributed by atoms with Gasteiger partial charge in [0.1, 0.15) is 5.75 Å². The third kappa shape index (κ3) is 6.53. The number of hydrogen-bond donors (Lipinski definition) is 2. The largest absolute Gasteiger partial charge is 0.490 e. The first-order chi connectivity index (χ1) is 15.2. The Bertz CT molecular complexity index is 986. The molecule has 0 aliphatic carbocycles. The van der Waals surface area contributed by atoms with Gasteiger partial charge in [-0.15, -0.1) is 0 Å². The van der Waals surface area contributed by atoms with Crippen molar-refractivity contribution in [3.05, 3.63) is 58.1 Å². The van der Waals surface area contributed by atoms with Gasteiger partial charge in [-0.3, -0.25) is 14.9 Å². The molecular weight excluding hydrogens is 490 g/mol. The van der Waals surface area contributed by atoms with Gasteiger partial charge in [0.15, 0.2) is 5.11 Å². The van der Waals surface area contributed by atoms with Gasteiger partial charge in [0.2, 0.25) is 0 Å². The van der Waals surface area contributed by atoms with E-state index in [2.05, 4.69) is 33.5 Å². The van der Waals surface area contributed by atoms with E-state index in [1.165, 1.54) is 0 Å². The number of anilines is 1. The van der Waals surface area contributed by atoms with Crippen LogP contribution >= 0.6 is 28.1 Å². The van der Waals surface area contributed by atoms with Gasteiger partial charge in [0.25, 0.3) is 11.8 Å². The molecule has 2 amide bonds. The SMILES string of the molecule is CC1CCN(C(=O)c2ccc(NC(=S)NC(=O)c3ccc(OC(C)C)c(Br)c3)cc2)CC1. The van der Waals surface area contributed by atoms with Crippen LogP contribution in [0.5, 0.6) is 5.75 Å². The summed E-state index contributed by atoms with van der Waals surface area (Å²) >= 11 is 8.70. The number of carbonyl (C=O) groups is 2. The van der Waals surface area contributed by atoms with Crippen molar-refractivity contribution in [1.29, 1.82) is 0 Å². The van der Waals surface area contributed by atoms with Crippen LogP contribution in [0.2, 0.25) is 0 Å². The normalized spacial score (nSPS) is 14.2. The van der Waals surface area contributed by atoms with Crippen LogP contribution in [0, 0.1) is 5.92 Å². The minimum atomic E-state index is -0.328. The van der Waals surface area contributed by atoms with Gasteiger partial charge in [-0.2, -0.15) is 0 Å². The summed E-state index contributed by atoms with van der Waals surface area (Å²) in [4.78, 5) is 27.1. The molecule has 2 aromatic rings. The second-order valence-corrected chi connectivity index (χ2v) is 9.53. The molecule has 0 unspecified atom stereocenters. The molecular formula is C24H28BrN3O3S. The average Bonchev–Trinajstić information content (AvgIpc) is 2.75.